The molecule has 0 saturated carbocycles. The number of benzene rings is 1. The van der Waals surface area contributed by atoms with Crippen LogP contribution in [0, 0.1) is 0 Å². The number of carbonyl (C=O) groups excluding carboxylic acids is 2. The van der Waals surface area contributed by atoms with Crippen molar-refractivity contribution in [2.45, 2.75) is 19.8 Å². The van der Waals surface area contributed by atoms with Crippen molar-refractivity contribution in [2.24, 2.45) is 0 Å². The molecule has 0 N–H and O–H groups in total. The zero-order valence-electron chi connectivity index (χ0n) is 11.1. The molecule has 1 atom stereocenters. The molecule has 1 aromatic rings. The predicted molar refractivity (Wildman–Crippen MR) is 76.8 cm³/mol. The second kappa shape index (κ2) is 5.61. The minimum atomic E-state index is -0.462. The van der Waals surface area contributed by atoms with E-state index >= 15 is 0 Å². The van der Waals surface area contributed by atoms with Gasteiger partial charge >= 0.3 is 0 Å². The van der Waals surface area contributed by atoms with Crippen LogP contribution in [0.5, 0.6) is 0 Å². The maximum Gasteiger partial charge on any atom is 0.182 e. The van der Waals surface area contributed by atoms with Gasteiger partial charge in [-0.3, -0.25) is 9.59 Å². The summed E-state index contributed by atoms with van der Waals surface area (Å²) in [5, 5.41) is 0. The van der Waals surface area contributed by atoms with Gasteiger partial charge in [0, 0.05) is 5.57 Å². The summed E-state index contributed by atoms with van der Waals surface area (Å²) in [7, 11) is 0. The SMILES string of the molecule is C/C=C/C(=O)C1=Cc2ccccc2C1C(=O)/C=C/C. The molecule has 19 heavy (non-hydrogen) atoms. The highest BCUT2D eigenvalue weighted by Crippen LogP contribution is 2.37. The Balaban J connectivity index is 2.49. The Bertz CT molecular complexity index is 603. The van der Waals surface area contributed by atoms with Crippen molar-refractivity contribution in [3.8, 4) is 0 Å². The Labute approximate surface area is 113 Å². The third kappa shape index (κ3) is 2.48. The highest BCUT2D eigenvalue weighted by molar-refractivity contribution is 6.16. The molecule has 1 aromatic carbocycles. The maximum absolute atomic E-state index is 12.2. The van der Waals surface area contributed by atoms with Crippen LogP contribution in [0.25, 0.3) is 6.08 Å². The average molecular weight is 252 g/mol. The zero-order chi connectivity index (χ0) is 13.8. The minimum Gasteiger partial charge on any atom is -0.294 e. The van der Waals surface area contributed by atoms with Crippen molar-refractivity contribution in [1.29, 1.82) is 0 Å². The Morgan fingerprint density at radius 1 is 1.05 bits per heavy atom. The van der Waals surface area contributed by atoms with E-state index < -0.39 is 5.92 Å². The second-order valence-corrected chi connectivity index (χ2v) is 4.43. The van der Waals surface area contributed by atoms with Crippen molar-refractivity contribution in [2.75, 3.05) is 0 Å². The number of fused-ring (bicyclic) bond motifs is 1. The van der Waals surface area contributed by atoms with Crippen LogP contribution in [-0.2, 0) is 9.59 Å². The van der Waals surface area contributed by atoms with Crippen LogP contribution in [0.4, 0.5) is 0 Å². The lowest BCUT2D eigenvalue weighted by atomic mass is 9.89. The molecule has 0 heterocycles. The first-order valence-corrected chi connectivity index (χ1v) is 6.33. The molecule has 96 valence electrons. The van der Waals surface area contributed by atoms with Crippen molar-refractivity contribution in [1.82, 2.24) is 0 Å². The van der Waals surface area contributed by atoms with Crippen LogP contribution in [0.2, 0.25) is 0 Å². The highest BCUT2D eigenvalue weighted by Gasteiger charge is 2.32. The first-order valence-electron chi connectivity index (χ1n) is 6.33. The molecule has 0 aliphatic heterocycles. The summed E-state index contributed by atoms with van der Waals surface area (Å²) in [6, 6.07) is 7.65. The molecule has 2 rings (SSSR count). The standard InChI is InChI=1S/C17H16O2/c1-3-7-15(18)14-11-12-9-5-6-10-13(12)17(14)16(19)8-4-2/h3-11,17H,1-2H3/b7-3+,8-4+. The van der Waals surface area contributed by atoms with Gasteiger partial charge in [0.15, 0.2) is 11.6 Å². The lowest BCUT2D eigenvalue weighted by Gasteiger charge is -2.11. The van der Waals surface area contributed by atoms with Crippen LogP contribution >= 0.6 is 0 Å². The summed E-state index contributed by atoms with van der Waals surface area (Å²) in [6.07, 6.45) is 8.27. The summed E-state index contributed by atoms with van der Waals surface area (Å²) in [4.78, 5) is 24.3. The summed E-state index contributed by atoms with van der Waals surface area (Å²) in [6.45, 7) is 3.60. The highest BCUT2D eigenvalue weighted by atomic mass is 16.1. The fraction of sp³-hybridized carbons (Fsp3) is 0.176. The maximum atomic E-state index is 12.2. The summed E-state index contributed by atoms with van der Waals surface area (Å²) >= 11 is 0. The van der Waals surface area contributed by atoms with E-state index in [2.05, 4.69) is 0 Å². The van der Waals surface area contributed by atoms with Crippen LogP contribution in [0.1, 0.15) is 30.9 Å². The molecule has 0 saturated heterocycles. The lowest BCUT2D eigenvalue weighted by Crippen LogP contribution is -2.14. The fourth-order valence-electron chi connectivity index (χ4n) is 2.35. The molecule has 0 spiro atoms. The molecular weight excluding hydrogens is 236 g/mol. The van der Waals surface area contributed by atoms with Gasteiger partial charge in [-0.1, -0.05) is 36.4 Å². The summed E-state index contributed by atoms with van der Waals surface area (Å²) in [5.74, 6) is -0.603. The van der Waals surface area contributed by atoms with Gasteiger partial charge in [-0.05, 0) is 43.2 Å². The molecule has 0 bridgehead atoms. The van der Waals surface area contributed by atoms with Gasteiger partial charge in [0.25, 0.3) is 0 Å². The van der Waals surface area contributed by atoms with E-state index in [4.69, 9.17) is 0 Å². The molecule has 0 fully saturated rings. The topological polar surface area (TPSA) is 34.1 Å². The van der Waals surface area contributed by atoms with Gasteiger partial charge in [-0.15, -0.1) is 0 Å². The predicted octanol–water partition coefficient (Wildman–Crippen LogP) is 3.46. The molecule has 0 amide bonds. The monoisotopic (exact) mass is 252 g/mol. The van der Waals surface area contributed by atoms with Gasteiger partial charge in [-0.25, -0.2) is 0 Å². The Kier molecular flexibility index (Phi) is 3.91. The number of allylic oxidation sites excluding steroid dienone is 5. The van der Waals surface area contributed by atoms with E-state index in [0.29, 0.717) is 5.57 Å². The van der Waals surface area contributed by atoms with Crippen LogP contribution in [0.3, 0.4) is 0 Å². The summed E-state index contributed by atoms with van der Waals surface area (Å²) < 4.78 is 0. The molecule has 1 aliphatic carbocycles. The molecule has 2 heteroatoms. The van der Waals surface area contributed by atoms with Gasteiger partial charge in [0.05, 0.1) is 5.92 Å². The van der Waals surface area contributed by atoms with E-state index in [-0.39, 0.29) is 11.6 Å². The molecule has 1 unspecified atom stereocenters. The van der Waals surface area contributed by atoms with Crippen LogP contribution in [0.15, 0.2) is 54.1 Å². The normalized spacial score (nSPS) is 17.8. The molecule has 1 aliphatic rings. The van der Waals surface area contributed by atoms with Gasteiger partial charge in [0.2, 0.25) is 0 Å². The average Bonchev–Trinajstić information content (AvgIpc) is 2.78. The molecule has 2 nitrogen and oxygen atoms in total. The molecular formula is C17H16O2. The van der Waals surface area contributed by atoms with E-state index in [0.717, 1.165) is 11.1 Å². The number of hydrogen-bond acceptors (Lipinski definition) is 2. The van der Waals surface area contributed by atoms with Crippen molar-refractivity contribution in [3.05, 3.63) is 65.3 Å². The first kappa shape index (κ1) is 13.2. The van der Waals surface area contributed by atoms with Crippen LogP contribution < -0.4 is 0 Å². The number of hydrogen-bond donors (Lipinski definition) is 0. The Hall–Kier alpha value is -2.22. The van der Waals surface area contributed by atoms with Crippen molar-refractivity contribution in [3.63, 3.8) is 0 Å². The van der Waals surface area contributed by atoms with Crippen LogP contribution in [-0.4, -0.2) is 11.6 Å². The first-order chi connectivity index (χ1) is 9.19. The number of rotatable bonds is 4. The smallest absolute Gasteiger partial charge is 0.182 e. The van der Waals surface area contributed by atoms with Crippen molar-refractivity contribution >= 4 is 17.6 Å². The largest absolute Gasteiger partial charge is 0.294 e. The fourth-order valence-corrected chi connectivity index (χ4v) is 2.35. The lowest BCUT2D eigenvalue weighted by molar-refractivity contribution is -0.117. The van der Waals surface area contributed by atoms with Gasteiger partial charge in [-0.2, -0.15) is 0 Å². The molecule has 0 radical (unpaired) electrons. The summed E-state index contributed by atoms with van der Waals surface area (Å²) in [5.41, 5.74) is 2.43. The van der Waals surface area contributed by atoms with Gasteiger partial charge in [0.1, 0.15) is 0 Å². The number of carbonyl (C=O) groups is 2. The Morgan fingerprint density at radius 2 is 1.74 bits per heavy atom. The van der Waals surface area contributed by atoms with E-state index in [1.807, 2.05) is 30.3 Å². The second-order valence-electron chi connectivity index (χ2n) is 4.43. The Morgan fingerprint density at radius 3 is 2.42 bits per heavy atom. The van der Waals surface area contributed by atoms with Gasteiger partial charge < -0.3 is 0 Å². The minimum absolute atomic E-state index is 0.0449. The van der Waals surface area contributed by atoms with Crippen molar-refractivity contribution < 1.29 is 9.59 Å². The number of ketones is 2. The van der Waals surface area contributed by atoms with E-state index in [1.54, 1.807) is 26.0 Å². The third-order valence-corrected chi connectivity index (χ3v) is 3.15. The molecule has 0 aromatic heterocycles. The quantitative estimate of drug-likeness (QED) is 0.769. The third-order valence-electron chi connectivity index (χ3n) is 3.15. The zero-order valence-corrected chi connectivity index (χ0v) is 11.1. The van der Waals surface area contributed by atoms with E-state index in [9.17, 15) is 9.59 Å². The van der Waals surface area contributed by atoms with E-state index in [1.165, 1.54) is 12.2 Å².